The van der Waals surface area contributed by atoms with Crippen LogP contribution in [0.15, 0.2) is 67.0 Å². The smallest absolute Gasteiger partial charge is 0.301 e. The number of hydrogen-bond acceptors (Lipinski definition) is 10. The van der Waals surface area contributed by atoms with Crippen LogP contribution in [0.2, 0.25) is 0 Å². The van der Waals surface area contributed by atoms with Gasteiger partial charge in [0.25, 0.3) is 5.91 Å². The van der Waals surface area contributed by atoms with Gasteiger partial charge in [0.15, 0.2) is 5.82 Å². The highest BCUT2D eigenvalue weighted by molar-refractivity contribution is 7.90. The number of imide groups is 1. The highest BCUT2D eigenvalue weighted by Crippen LogP contribution is 2.43. The number of carbonyl (C=O) groups excluding carboxylic acids is 4. The highest BCUT2D eigenvalue weighted by Gasteiger charge is 2.43. The highest BCUT2D eigenvalue weighted by atomic mass is 32.2. The number of aromatic nitrogens is 2. The topological polar surface area (TPSA) is 171 Å². The average Bonchev–Trinajstić information content (AvgIpc) is 4.16. The molecule has 20 heteroatoms. The number of likely N-dealkylation sites (tertiary alicyclic amines) is 1. The Labute approximate surface area is 407 Å². The molecule has 2 aromatic heterocycles. The Morgan fingerprint density at radius 1 is 0.845 bits per heavy atom. The number of hydrogen-bond donors (Lipinski definition) is 3. The monoisotopic (exact) mass is 995 g/mol. The minimum atomic E-state index is -4.39. The largest absolute Gasteiger partial charge is 0.372 e. The second-order valence-electron chi connectivity index (χ2n) is 20.1. The number of halogens is 4. The fourth-order valence-corrected chi connectivity index (χ4v) is 13.0. The van der Waals surface area contributed by atoms with Gasteiger partial charge < -0.3 is 24.6 Å². The lowest BCUT2D eigenvalue weighted by Crippen LogP contribution is -2.52. The summed E-state index contributed by atoms with van der Waals surface area (Å²) in [6.07, 6.45) is 7.07. The summed E-state index contributed by atoms with van der Waals surface area (Å²) < 4.78 is 89.3. The zero-order valence-corrected chi connectivity index (χ0v) is 39.7. The van der Waals surface area contributed by atoms with Crippen LogP contribution < -0.4 is 19.8 Å². The van der Waals surface area contributed by atoms with E-state index in [1.807, 2.05) is 16.9 Å². The van der Waals surface area contributed by atoms with Gasteiger partial charge in [-0.05, 0) is 122 Å². The SMILES string of the molecule is O=C1CC[C@H](N2Cc3cc(N4CCC(CN5CCC6(CCN(c7ccc(-c8cnc9[nH]cc(C(=O)c%10c(F)ccc(NS(=O)(=O)N%11CC[C@@H](F)C%11)c%10F)c9c8)cc7F)CC6)C5)CC4)ccc3C2=O)C(=O)N1. The lowest BCUT2D eigenvalue weighted by molar-refractivity contribution is -0.136. The molecule has 372 valence electrons. The molecular formula is C51H53F4N9O6S. The van der Waals surface area contributed by atoms with E-state index in [-0.39, 0.29) is 53.2 Å². The fraction of sp³-hybridized carbons (Fsp3) is 0.431. The average molecular weight is 996 g/mol. The molecule has 0 unspecified atom stereocenters. The molecule has 1 spiro atoms. The van der Waals surface area contributed by atoms with Gasteiger partial charge in [-0.15, -0.1) is 0 Å². The van der Waals surface area contributed by atoms with Crippen molar-refractivity contribution >= 4 is 61.8 Å². The molecule has 6 aliphatic heterocycles. The van der Waals surface area contributed by atoms with Gasteiger partial charge in [0, 0.05) is 105 Å². The molecular weight excluding hydrogens is 943 g/mol. The second-order valence-corrected chi connectivity index (χ2v) is 21.8. The number of nitrogens with zero attached hydrogens (tertiary/aromatic N) is 6. The fourth-order valence-electron chi connectivity index (χ4n) is 11.7. The Hall–Kier alpha value is -6.38. The molecule has 0 radical (unpaired) electrons. The van der Waals surface area contributed by atoms with Crippen molar-refractivity contribution in [1.82, 2.24) is 29.4 Å². The Bertz CT molecular complexity index is 3100. The normalized spacial score (nSPS) is 22.3. The predicted octanol–water partition coefficient (Wildman–Crippen LogP) is 6.55. The maximum atomic E-state index is 16.0. The Balaban J connectivity index is 0.687. The third-order valence-corrected chi connectivity index (χ3v) is 17.2. The Morgan fingerprint density at radius 3 is 2.38 bits per heavy atom. The molecule has 2 atom stereocenters. The summed E-state index contributed by atoms with van der Waals surface area (Å²) in [6, 6.07) is 13.5. The summed E-state index contributed by atoms with van der Waals surface area (Å²) in [5, 5.41) is 2.59. The van der Waals surface area contributed by atoms with Gasteiger partial charge in [-0.2, -0.15) is 12.7 Å². The molecule has 0 aliphatic carbocycles. The Morgan fingerprint density at radius 2 is 1.63 bits per heavy atom. The van der Waals surface area contributed by atoms with E-state index in [9.17, 15) is 32.0 Å². The second kappa shape index (κ2) is 18.3. The van der Waals surface area contributed by atoms with E-state index in [1.54, 1.807) is 23.1 Å². The number of benzene rings is 3. The number of anilines is 3. The minimum Gasteiger partial charge on any atom is -0.372 e. The zero-order valence-electron chi connectivity index (χ0n) is 38.9. The van der Waals surface area contributed by atoms with E-state index in [0.29, 0.717) is 54.4 Å². The predicted molar refractivity (Wildman–Crippen MR) is 257 cm³/mol. The van der Waals surface area contributed by atoms with Gasteiger partial charge in [-0.1, -0.05) is 6.07 Å². The number of nitrogens with one attached hydrogen (secondary N) is 3. The van der Waals surface area contributed by atoms with Gasteiger partial charge in [-0.25, -0.2) is 22.5 Å². The summed E-state index contributed by atoms with van der Waals surface area (Å²) in [6.45, 7) is 6.21. The molecule has 5 aromatic rings. The quantitative estimate of drug-likeness (QED) is 0.0750. The van der Waals surface area contributed by atoms with Gasteiger partial charge >= 0.3 is 10.2 Å². The molecule has 71 heavy (non-hydrogen) atoms. The van der Waals surface area contributed by atoms with Crippen LogP contribution >= 0.6 is 0 Å². The van der Waals surface area contributed by atoms with Crippen LogP contribution in [-0.4, -0.2) is 127 Å². The van der Waals surface area contributed by atoms with Crippen molar-refractivity contribution < 1.29 is 45.2 Å². The first-order valence-electron chi connectivity index (χ1n) is 24.3. The van der Waals surface area contributed by atoms with Crippen molar-refractivity contribution in [3.05, 3.63) is 107 Å². The molecule has 3 N–H and O–H groups in total. The van der Waals surface area contributed by atoms with E-state index >= 15 is 13.2 Å². The lowest BCUT2D eigenvalue weighted by Gasteiger charge is -2.41. The molecule has 0 bridgehead atoms. The van der Waals surface area contributed by atoms with Crippen LogP contribution in [0.1, 0.15) is 83.2 Å². The number of fused-ring (bicyclic) bond motifs is 2. The molecule has 15 nitrogen and oxygen atoms in total. The Kier molecular flexibility index (Phi) is 12.1. The maximum Gasteiger partial charge on any atom is 0.301 e. The van der Waals surface area contributed by atoms with Gasteiger partial charge in [-0.3, -0.25) is 29.2 Å². The van der Waals surface area contributed by atoms with Gasteiger partial charge in [0.1, 0.15) is 29.5 Å². The first-order valence-corrected chi connectivity index (χ1v) is 25.8. The van der Waals surface area contributed by atoms with E-state index in [4.69, 9.17) is 0 Å². The van der Waals surface area contributed by atoms with Crippen molar-refractivity contribution in [3.63, 3.8) is 0 Å². The minimum absolute atomic E-state index is 0.0149. The summed E-state index contributed by atoms with van der Waals surface area (Å²) >= 11 is 0. The maximum absolute atomic E-state index is 16.0. The van der Waals surface area contributed by atoms with Crippen LogP contribution in [0.5, 0.6) is 0 Å². The molecule has 11 rings (SSSR count). The van der Waals surface area contributed by atoms with Crippen LogP contribution in [0.4, 0.5) is 34.6 Å². The van der Waals surface area contributed by atoms with E-state index in [1.165, 1.54) is 18.5 Å². The third kappa shape index (κ3) is 8.91. The van der Waals surface area contributed by atoms with E-state index in [2.05, 4.69) is 36.1 Å². The first-order chi connectivity index (χ1) is 34.1. The first kappa shape index (κ1) is 47.0. The number of H-pyrrole nitrogens is 1. The van der Waals surface area contributed by atoms with Crippen LogP contribution in [0.25, 0.3) is 22.2 Å². The summed E-state index contributed by atoms with van der Waals surface area (Å²) in [5.74, 6) is -4.42. The van der Waals surface area contributed by atoms with Crippen LogP contribution in [-0.2, 0) is 26.3 Å². The summed E-state index contributed by atoms with van der Waals surface area (Å²) in [5.41, 5.74) is 2.71. The molecule has 8 heterocycles. The number of rotatable bonds is 11. The van der Waals surface area contributed by atoms with Crippen molar-refractivity contribution in [1.29, 1.82) is 0 Å². The third-order valence-electron chi connectivity index (χ3n) is 15.7. The number of aromatic amines is 1. The van der Waals surface area contributed by atoms with Gasteiger partial charge in [0.05, 0.1) is 16.9 Å². The van der Waals surface area contributed by atoms with Gasteiger partial charge in [0.2, 0.25) is 17.6 Å². The molecule has 6 aliphatic rings. The summed E-state index contributed by atoms with van der Waals surface area (Å²) in [7, 11) is -4.39. The van der Waals surface area contributed by atoms with E-state index < -0.39 is 69.4 Å². The number of piperidine rings is 3. The molecule has 5 fully saturated rings. The number of pyridine rings is 1. The van der Waals surface area contributed by atoms with Crippen LogP contribution in [0, 0.1) is 28.8 Å². The van der Waals surface area contributed by atoms with Crippen molar-refractivity contribution in [2.75, 3.05) is 73.4 Å². The standard InChI is InChI=1S/C51H53F4N9O6S/c52-34-11-17-63(28-34)71(69,70)59-41-5-4-39(53)45(46(41)55)47(66)38-25-57-48-37(38)22-32(24-56-48)31-1-6-42(40(54)23-31)62-19-13-51(14-20-62)12-18-60(29-51)26-30-9-15-61(16-10-30)35-2-3-36-33(21-35)27-64(50(36)68)43-7-8-44(65)58-49(43)67/h1-6,21-25,30,34,43,59H,7-20,26-29H2,(H,56,57)(H,58,65,67)/t34-,43+/m1/s1. The van der Waals surface area contributed by atoms with E-state index in [0.717, 1.165) is 92.5 Å². The molecule has 3 amide bonds. The van der Waals surface area contributed by atoms with Crippen molar-refractivity contribution in [2.24, 2.45) is 11.3 Å². The number of amides is 3. The van der Waals surface area contributed by atoms with Crippen molar-refractivity contribution in [2.45, 2.75) is 70.1 Å². The van der Waals surface area contributed by atoms with Crippen LogP contribution in [0.3, 0.4) is 0 Å². The molecule has 0 saturated carbocycles. The number of carbonyl (C=O) groups is 4. The molecule has 5 saturated heterocycles. The summed E-state index contributed by atoms with van der Waals surface area (Å²) in [4.78, 5) is 67.1. The number of alkyl halides is 1. The zero-order chi connectivity index (χ0) is 49.3. The van der Waals surface area contributed by atoms with Crippen molar-refractivity contribution in [3.8, 4) is 11.1 Å². The number of ketones is 1. The molecule has 3 aromatic carbocycles. The lowest BCUT2D eigenvalue weighted by atomic mass is 9.77.